The van der Waals surface area contributed by atoms with Crippen molar-refractivity contribution in [2.45, 2.75) is 0 Å². The van der Waals surface area contributed by atoms with E-state index < -0.39 is 5.82 Å². The summed E-state index contributed by atoms with van der Waals surface area (Å²) >= 11 is 4.50. The SMILES string of the molecule is NC(=S)N=Nc1[nH]c2ccc(F)cc2c1O. The van der Waals surface area contributed by atoms with Crippen molar-refractivity contribution in [2.24, 2.45) is 16.0 Å². The number of halogens is 1. The maximum absolute atomic E-state index is 12.9. The van der Waals surface area contributed by atoms with E-state index in [0.717, 1.165) is 0 Å². The highest BCUT2D eigenvalue weighted by Gasteiger charge is 2.10. The van der Waals surface area contributed by atoms with E-state index in [4.69, 9.17) is 5.73 Å². The molecular weight excluding hydrogens is 231 g/mol. The summed E-state index contributed by atoms with van der Waals surface area (Å²) in [7, 11) is 0. The first kappa shape index (κ1) is 10.5. The van der Waals surface area contributed by atoms with Crippen molar-refractivity contribution in [2.75, 3.05) is 0 Å². The lowest BCUT2D eigenvalue weighted by atomic mass is 10.2. The van der Waals surface area contributed by atoms with Crippen LogP contribution in [0.2, 0.25) is 0 Å². The number of H-pyrrole nitrogens is 1. The van der Waals surface area contributed by atoms with Gasteiger partial charge in [0.05, 0.1) is 5.52 Å². The Morgan fingerprint density at radius 1 is 1.50 bits per heavy atom. The molecule has 1 heterocycles. The molecule has 7 heteroatoms. The van der Waals surface area contributed by atoms with Crippen LogP contribution in [0.3, 0.4) is 0 Å². The van der Waals surface area contributed by atoms with E-state index in [0.29, 0.717) is 10.9 Å². The molecule has 0 saturated heterocycles. The van der Waals surface area contributed by atoms with Crippen LogP contribution in [0.1, 0.15) is 0 Å². The number of hydrogen-bond acceptors (Lipinski definition) is 3. The third-order valence-corrected chi connectivity index (χ3v) is 2.04. The fourth-order valence-electron chi connectivity index (χ4n) is 1.31. The Morgan fingerprint density at radius 3 is 2.94 bits per heavy atom. The maximum atomic E-state index is 12.9. The normalized spacial score (nSPS) is 11.3. The molecule has 1 aromatic carbocycles. The number of fused-ring (bicyclic) bond motifs is 1. The van der Waals surface area contributed by atoms with Gasteiger partial charge in [0, 0.05) is 5.39 Å². The van der Waals surface area contributed by atoms with Crippen LogP contribution in [-0.4, -0.2) is 15.2 Å². The molecular formula is C9H7FN4OS. The van der Waals surface area contributed by atoms with Gasteiger partial charge in [-0.2, -0.15) is 0 Å². The summed E-state index contributed by atoms with van der Waals surface area (Å²) in [6.45, 7) is 0. The fourth-order valence-corrected chi connectivity index (χ4v) is 1.35. The third-order valence-electron chi connectivity index (χ3n) is 1.96. The molecule has 0 amide bonds. The summed E-state index contributed by atoms with van der Waals surface area (Å²) < 4.78 is 12.9. The first-order valence-electron chi connectivity index (χ1n) is 4.29. The number of thiocarbonyl (C=S) groups is 1. The second-order valence-electron chi connectivity index (χ2n) is 3.05. The molecule has 16 heavy (non-hydrogen) atoms. The highest BCUT2D eigenvalue weighted by Crippen LogP contribution is 2.35. The molecule has 0 aliphatic heterocycles. The molecule has 82 valence electrons. The zero-order chi connectivity index (χ0) is 11.7. The molecule has 0 atom stereocenters. The maximum Gasteiger partial charge on any atom is 0.211 e. The fraction of sp³-hybridized carbons (Fsp3) is 0. The van der Waals surface area contributed by atoms with E-state index in [9.17, 15) is 9.50 Å². The molecule has 0 spiro atoms. The topological polar surface area (TPSA) is 86.8 Å². The standard InChI is InChI=1S/C9H7FN4OS/c10-4-1-2-6-5(3-4)7(15)8(12-6)13-14-9(11)16/h1-3,12,15H,(H2,11,16). The average molecular weight is 238 g/mol. The highest BCUT2D eigenvalue weighted by molar-refractivity contribution is 7.80. The van der Waals surface area contributed by atoms with Crippen molar-refractivity contribution in [1.29, 1.82) is 0 Å². The second-order valence-corrected chi connectivity index (χ2v) is 3.47. The number of azo groups is 1. The van der Waals surface area contributed by atoms with E-state index >= 15 is 0 Å². The van der Waals surface area contributed by atoms with Gasteiger partial charge in [-0.1, -0.05) is 0 Å². The summed E-state index contributed by atoms with van der Waals surface area (Å²) in [6, 6.07) is 3.96. The van der Waals surface area contributed by atoms with E-state index in [1.807, 2.05) is 0 Å². The predicted molar refractivity (Wildman–Crippen MR) is 61.2 cm³/mol. The lowest BCUT2D eigenvalue weighted by molar-refractivity contribution is 0.482. The quantitative estimate of drug-likeness (QED) is 0.526. The van der Waals surface area contributed by atoms with Gasteiger partial charge in [-0.25, -0.2) is 4.39 Å². The largest absolute Gasteiger partial charge is 0.504 e. The van der Waals surface area contributed by atoms with Crippen molar-refractivity contribution in [1.82, 2.24) is 4.98 Å². The Kier molecular flexibility index (Phi) is 2.53. The molecule has 0 unspecified atom stereocenters. The van der Waals surface area contributed by atoms with Gasteiger partial charge in [0.25, 0.3) is 0 Å². The van der Waals surface area contributed by atoms with Crippen LogP contribution in [0.4, 0.5) is 10.2 Å². The monoisotopic (exact) mass is 238 g/mol. The molecule has 2 aromatic rings. The van der Waals surface area contributed by atoms with Gasteiger partial charge < -0.3 is 15.8 Å². The van der Waals surface area contributed by atoms with Gasteiger partial charge in [-0.05, 0) is 30.4 Å². The molecule has 0 aliphatic carbocycles. The van der Waals surface area contributed by atoms with Gasteiger partial charge in [0.1, 0.15) is 5.82 Å². The van der Waals surface area contributed by atoms with Crippen LogP contribution in [0.5, 0.6) is 5.75 Å². The Morgan fingerprint density at radius 2 is 2.25 bits per heavy atom. The molecule has 0 saturated carbocycles. The lowest BCUT2D eigenvalue weighted by Gasteiger charge is -1.90. The van der Waals surface area contributed by atoms with Crippen molar-refractivity contribution in [3.05, 3.63) is 24.0 Å². The molecule has 2 rings (SSSR count). The number of nitrogens with zero attached hydrogens (tertiary/aromatic N) is 2. The summed E-state index contributed by atoms with van der Waals surface area (Å²) in [4.78, 5) is 2.75. The van der Waals surface area contributed by atoms with Gasteiger partial charge >= 0.3 is 0 Å². The number of nitrogens with one attached hydrogen (secondary N) is 1. The minimum absolute atomic E-state index is 0.0911. The molecule has 0 fully saturated rings. The van der Waals surface area contributed by atoms with E-state index in [1.54, 1.807) is 0 Å². The first-order chi connectivity index (χ1) is 7.58. The van der Waals surface area contributed by atoms with E-state index in [2.05, 4.69) is 27.4 Å². The van der Waals surface area contributed by atoms with E-state index in [-0.39, 0.29) is 16.7 Å². The summed E-state index contributed by atoms with van der Waals surface area (Å²) in [6.07, 6.45) is 0. The van der Waals surface area contributed by atoms with Gasteiger partial charge in [0.2, 0.25) is 5.11 Å². The van der Waals surface area contributed by atoms with Crippen LogP contribution in [0.25, 0.3) is 10.9 Å². The van der Waals surface area contributed by atoms with Gasteiger partial charge in [-0.15, -0.1) is 10.2 Å². The van der Waals surface area contributed by atoms with Crippen molar-refractivity contribution < 1.29 is 9.50 Å². The van der Waals surface area contributed by atoms with Crippen molar-refractivity contribution >= 4 is 34.1 Å². The Balaban J connectivity index is 2.56. The van der Waals surface area contributed by atoms with Crippen molar-refractivity contribution in [3.63, 3.8) is 0 Å². The number of aromatic nitrogens is 1. The first-order valence-corrected chi connectivity index (χ1v) is 4.70. The molecule has 1 aromatic heterocycles. The zero-order valence-corrected chi connectivity index (χ0v) is 8.75. The van der Waals surface area contributed by atoms with Crippen LogP contribution in [-0.2, 0) is 0 Å². The number of aromatic hydroxyl groups is 1. The lowest BCUT2D eigenvalue weighted by Crippen LogP contribution is -2.01. The van der Waals surface area contributed by atoms with Crippen LogP contribution in [0.15, 0.2) is 28.4 Å². The molecule has 0 bridgehead atoms. The molecule has 0 radical (unpaired) electrons. The van der Waals surface area contributed by atoms with Crippen LogP contribution < -0.4 is 5.73 Å². The van der Waals surface area contributed by atoms with Crippen LogP contribution >= 0.6 is 12.2 Å². The van der Waals surface area contributed by atoms with Gasteiger partial charge in [0.15, 0.2) is 11.6 Å². The Hall–Kier alpha value is -2.02. The Bertz CT molecular complexity index is 592. The van der Waals surface area contributed by atoms with Crippen molar-refractivity contribution in [3.8, 4) is 5.75 Å². The molecule has 0 aliphatic rings. The van der Waals surface area contributed by atoms with E-state index in [1.165, 1.54) is 18.2 Å². The summed E-state index contributed by atoms with van der Waals surface area (Å²) in [5.41, 5.74) is 5.68. The minimum Gasteiger partial charge on any atom is -0.504 e. The molecule has 5 nitrogen and oxygen atoms in total. The summed E-state index contributed by atoms with van der Waals surface area (Å²) in [5.74, 6) is -0.539. The number of hydrogen-bond donors (Lipinski definition) is 3. The number of aromatic amines is 1. The predicted octanol–water partition coefficient (Wildman–Crippen LogP) is 2.34. The second kappa shape index (κ2) is 3.86. The minimum atomic E-state index is -0.445. The smallest absolute Gasteiger partial charge is 0.211 e. The average Bonchev–Trinajstić information content (AvgIpc) is 2.53. The number of rotatable bonds is 1. The summed E-state index contributed by atoms with van der Waals surface area (Å²) in [5, 5.41) is 16.9. The highest BCUT2D eigenvalue weighted by atomic mass is 32.1. The molecule has 4 N–H and O–H groups in total. The zero-order valence-electron chi connectivity index (χ0n) is 7.94. The van der Waals surface area contributed by atoms with Gasteiger partial charge in [-0.3, -0.25) is 0 Å². The van der Waals surface area contributed by atoms with Crippen LogP contribution in [0, 0.1) is 5.82 Å². The number of nitrogens with two attached hydrogens (primary N) is 1. The Labute approximate surface area is 94.8 Å². The number of benzene rings is 1. The third kappa shape index (κ3) is 1.84.